The van der Waals surface area contributed by atoms with E-state index in [-0.39, 0.29) is 12.0 Å². The normalized spacial score (nSPS) is 20.0. The lowest BCUT2D eigenvalue weighted by atomic mass is 10.0. The SMILES string of the molecule is O=C(Cc1ccc(-c2ccccc2)cc1)N1CCC(OCC2CC2)C1. The standard InChI is InChI=1S/C22H25NO2/c24-22(23-13-12-21(15-23)25-16-18-6-7-18)14-17-8-10-20(11-9-17)19-4-2-1-3-5-19/h1-5,8-11,18,21H,6-7,12-16H2. The van der Waals surface area contributed by atoms with E-state index in [4.69, 9.17) is 4.74 Å². The van der Waals surface area contributed by atoms with Gasteiger partial charge in [0.1, 0.15) is 0 Å². The van der Waals surface area contributed by atoms with Gasteiger partial charge in [-0.15, -0.1) is 0 Å². The number of carbonyl (C=O) groups is 1. The molecule has 0 radical (unpaired) electrons. The molecule has 3 heteroatoms. The zero-order valence-corrected chi connectivity index (χ0v) is 14.6. The summed E-state index contributed by atoms with van der Waals surface area (Å²) in [4.78, 5) is 14.5. The van der Waals surface area contributed by atoms with Gasteiger partial charge in [0.05, 0.1) is 12.5 Å². The minimum Gasteiger partial charge on any atom is -0.376 e. The largest absolute Gasteiger partial charge is 0.376 e. The molecule has 0 aromatic heterocycles. The van der Waals surface area contributed by atoms with Gasteiger partial charge in [0.15, 0.2) is 0 Å². The van der Waals surface area contributed by atoms with Crippen molar-refractivity contribution >= 4 is 5.91 Å². The van der Waals surface area contributed by atoms with Gasteiger partial charge in [-0.05, 0) is 41.9 Å². The molecule has 3 nitrogen and oxygen atoms in total. The van der Waals surface area contributed by atoms with Gasteiger partial charge in [0.2, 0.25) is 5.91 Å². The van der Waals surface area contributed by atoms with Crippen LogP contribution < -0.4 is 0 Å². The third-order valence-corrected chi connectivity index (χ3v) is 5.18. The van der Waals surface area contributed by atoms with Crippen LogP contribution in [0.2, 0.25) is 0 Å². The molecule has 1 aliphatic carbocycles. The fourth-order valence-corrected chi connectivity index (χ4v) is 3.38. The predicted octanol–water partition coefficient (Wildman–Crippen LogP) is 3.92. The average molecular weight is 335 g/mol. The summed E-state index contributed by atoms with van der Waals surface area (Å²) < 4.78 is 5.93. The smallest absolute Gasteiger partial charge is 0.227 e. The number of hydrogen-bond donors (Lipinski definition) is 0. The number of hydrogen-bond acceptors (Lipinski definition) is 2. The zero-order chi connectivity index (χ0) is 17.1. The highest BCUT2D eigenvalue weighted by Crippen LogP contribution is 2.30. The quantitative estimate of drug-likeness (QED) is 0.801. The van der Waals surface area contributed by atoms with Crippen LogP contribution in [0.3, 0.4) is 0 Å². The van der Waals surface area contributed by atoms with Crippen LogP contribution in [0.1, 0.15) is 24.8 Å². The van der Waals surface area contributed by atoms with Crippen LogP contribution in [0.5, 0.6) is 0 Å². The summed E-state index contributed by atoms with van der Waals surface area (Å²) in [6.07, 6.45) is 4.32. The summed E-state index contributed by atoms with van der Waals surface area (Å²) in [7, 11) is 0. The molecule has 0 spiro atoms. The molecule has 1 amide bonds. The molecule has 1 aliphatic heterocycles. The monoisotopic (exact) mass is 335 g/mol. The van der Waals surface area contributed by atoms with Gasteiger partial charge in [0, 0.05) is 19.7 Å². The first-order valence-electron chi connectivity index (χ1n) is 9.31. The first kappa shape index (κ1) is 16.3. The maximum Gasteiger partial charge on any atom is 0.227 e. The lowest BCUT2D eigenvalue weighted by Gasteiger charge is -2.17. The van der Waals surface area contributed by atoms with Crippen molar-refractivity contribution < 1.29 is 9.53 Å². The Morgan fingerprint density at radius 1 is 0.960 bits per heavy atom. The maximum absolute atomic E-state index is 12.5. The van der Waals surface area contributed by atoms with Crippen LogP contribution in [0.25, 0.3) is 11.1 Å². The summed E-state index contributed by atoms with van der Waals surface area (Å²) in [5, 5.41) is 0. The summed E-state index contributed by atoms with van der Waals surface area (Å²) in [5.74, 6) is 0.998. The zero-order valence-electron chi connectivity index (χ0n) is 14.6. The van der Waals surface area contributed by atoms with E-state index < -0.39 is 0 Å². The number of ether oxygens (including phenoxy) is 1. The number of benzene rings is 2. The van der Waals surface area contributed by atoms with Crippen LogP contribution in [0, 0.1) is 5.92 Å². The van der Waals surface area contributed by atoms with Crippen molar-refractivity contribution in [1.82, 2.24) is 4.90 Å². The Morgan fingerprint density at radius 2 is 1.68 bits per heavy atom. The Morgan fingerprint density at radius 3 is 2.40 bits per heavy atom. The second-order valence-electron chi connectivity index (χ2n) is 7.27. The molecule has 2 fully saturated rings. The molecule has 4 rings (SSSR count). The van der Waals surface area contributed by atoms with E-state index in [1.807, 2.05) is 23.1 Å². The van der Waals surface area contributed by atoms with E-state index in [2.05, 4.69) is 36.4 Å². The Hall–Kier alpha value is -2.13. The van der Waals surface area contributed by atoms with Crippen molar-refractivity contribution in [3.8, 4) is 11.1 Å². The fraction of sp³-hybridized carbons (Fsp3) is 0.409. The minimum atomic E-state index is 0.213. The molecule has 1 atom stereocenters. The van der Waals surface area contributed by atoms with E-state index in [0.29, 0.717) is 6.42 Å². The summed E-state index contributed by atoms with van der Waals surface area (Å²) >= 11 is 0. The topological polar surface area (TPSA) is 29.5 Å². The van der Waals surface area contributed by atoms with Gasteiger partial charge in [0.25, 0.3) is 0 Å². The highest BCUT2D eigenvalue weighted by molar-refractivity contribution is 5.79. The molecule has 0 N–H and O–H groups in total. The number of carbonyl (C=O) groups excluding carboxylic acids is 1. The van der Waals surface area contributed by atoms with Crippen LogP contribution in [-0.2, 0) is 16.0 Å². The Labute approximate surface area is 149 Å². The van der Waals surface area contributed by atoms with Crippen molar-refractivity contribution in [3.63, 3.8) is 0 Å². The molecule has 1 saturated heterocycles. The van der Waals surface area contributed by atoms with Gasteiger partial charge in [-0.1, -0.05) is 54.6 Å². The second kappa shape index (κ2) is 7.40. The summed E-state index contributed by atoms with van der Waals surface area (Å²) in [6.45, 7) is 2.47. The number of amides is 1. The first-order valence-corrected chi connectivity index (χ1v) is 9.31. The number of nitrogens with zero attached hydrogens (tertiary/aromatic N) is 1. The van der Waals surface area contributed by atoms with Crippen LogP contribution in [-0.4, -0.2) is 36.6 Å². The van der Waals surface area contributed by atoms with Crippen LogP contribution in [0.4, 0.5) is 0 Å². The van der Waals surface area contributed by atoms with Gasteiger partial charge in [-0.2, -0.15) is 0 Å². The van der Waals surface area contributed by atoms with E-state index in [1.165, 1.54) is 24.0 Å². The third kappa shape index (κ3) is 4.29. The summed E-state index contributed by atoms with van der Waals surface area (Å²) in [6, 6.07) is 18.7. The van der Waals surface area contributed by atoms with Crippen molar-refractivity contribution in [1.29, 1.82) is 0 Å². The molecule has 2 aromatic carbocycles. The van der Waals surface area contributed by atoms with Crippen molar-refractivity contribution in [2.45, 2.75) is 31.8 Å². The Balaban J connectivity index is 1.30. The average Bonchev–Trinajstić information content (AvgIpc) is 3.37. The van der Waals surface area contributed by atoms with E-state index >= 15 is 0 Å². The maximum atomic E-state index is 12.5. The second-order valence-corrected chi connectivity index (χ2v) is 7.27. The molecular weight excluding hydrogens is 310 g/mol. The molecular formula is C22H25NO2. The van der Waals surface area contributed by atoms with Crippen molar-refractivity contribution in [2.75, 3.05) is 19.7 Å². The minimum absolute atomic E-state index is 0.213. The van der Waals surface area contributed by atoms with E-state index in [9.17, 15) is 4.79 Å². The molecule has 1 unspecified atom stereocenters. The Kier molecular flexibility index (Phi) is 4.84. The van der Waals surface area contributed by atoms with E-state index in [1.54, 1.807) is 0 Å². The first-order chi connectivity index (χ1) is 12.3. The van der Waals surface area contributed by atoms with Crippen molar-refractivity contribution in [2.24, 2.45) is 5.92 Å². The molecule has 25 heavy (non-hydrogen) atoms. The summed E-state index contributed by atoms with van der Waals surface area (Å²) in [5.41, 5.74) is 3.47. The predicted molar refractivity (Wildman–Crippen MR) is 99.2 cm³/mol. The highest BCUT2D eigenvalue weighted by Gasteiger charge is 2.29. The molecule has 0 bridgehead atoms. The molecule has 2 aliphatic rings. The number of rotatable bonds is 6. The van der Waals surface area contributed by atoms with Crippen LogP contribution >= 0.6 is 0 Å². The van der Waals surface area contributed by atoms with E-state index in [0.717, 1.165) is 37.6 Å². The van der Waals surface area contributed by atoms with Crippen LogP contribution in [0.15, 0.2) is 54.6 Å². The van der Waals surface area contributed by atoms with Gasteiger partial charge < -0.3 is 9.64 Å². The molecule has 1 heterocycles. The lowest BCUT2D eigenvalue weighted by molar-refractivity contribution is -0.130. The lowest BCUT2D eigenvalue weighted by Crippen LogP contribution is -2.31. The molecule has 2 aromatic rings. The van der Waals surface area contributed by atoms with Gasteiger partial charge in [-0.3, -0.25) is 4.79 Å². The third-order valence-electron chi connectivity index (χ3n) is 5.18. The number of likely N-dealkylation sites (tertiary alicyclic amines) is 1. The molecule has 130 valence electrons. The van der Waals surface area contributed by atoms with Gasteiger partial charge in [-0.25, -0.2) is 0 Å². The Bertz CT molecular complexity index is 707. The van der Waals surface area contributed by atoms with Crippen molar-refractivity contribution in [3.05, 3.63) is 60.2 Å². The fourth-order valence-electron chi connectivity index (χ4n) is 3.38. The molecule has 1 saturated carbocycles. The van der Waals surface area contributed by atoms with Gasteiger partial charge >= 0.3 is 0 Å². The highest BCUT2D eigenvalue weighted by atomic mass is 16.5.